The molecule has 0 aliphatic heterocycles. The lowest BCUT2D eigenvalue weighted by Gasteiger charge is -2.32. The van der Waals surface area contributed by atoms with E-state index in [0.717, 1.165) is 19.3 Å². The maximum absolute atomic E-state index is 11.7. The van der Waals surface area contributed by atoms with Crippen molar-refractivity contribution in [1.82, 2.24) is 0 Å². The standard InChI is InChI=1S/C11H20O3/c1-10(2,3)14-9(12)11(13)7-5-4-6-8-11/h13H,4-8H2,1-3H3. The van der Waals surface area contributed by atoms with Gasteiger partial charge >= 0.3 is 5.97 Å². The van der Waals surface area contributed by atoms with Crippen molar-refractivity contribution < 1.29 is 14.6 Å². The summed E-state index contributed by atoms with van der Waals surface area (Å²) >= 11 is 0. The molecule has 0 radical (unpaired) electrons. The Kier molecular flexibility index (Phi) is 3.20. The molecular formula is C11H20O3. The molecule has 0 amide bonds. The van der Waals surface area contributed by atoms with Crippen LogP contribution < -0.4 is 0 Å². The molecule has 14 heavy (non-hydrogen) atoms. The zero-order valence-electron chi connectivity index (χ0n) is 9.30. The van der Waals surface area contributed by atoms with Gasteiger partial charge in [-0.1, -0.05) is 6.42 Å². The Bertz CT molecular complexity index is 209. The minimum absolute atomic E-state index is 0.454. The van der Waals surface area contributed by atoms with Crippen molar-refractivity contribution in [2.75, 3.05) is 0 Å². The van der Waals surface area contributed by atoms with E-state index in [1.807, 2.05) is 20.8 Å². The van der Waals surface area contributed by atoms with E-state index >= 15 is 0 Å². The molecule has 1 rings (SSSR count). The zero-order chi connectivity index (χ0) is 10.8. The predicted molar refractivity (Wildman–Crippen MR) is 53.9 cm³/mol. The highest BCUT2D eigenvalue weighted by molar-refractivity contribution is 5.79. The molecule has 0 spiro atoms. The summed E-state index contributed by atoms with van der Waals surface area (Å²) in [6, 6.07) is 0. The number of hydrogen-bond donors (Lipinski definition) is 1. The molecule has 0 bridgehead atoms. The van der Waals surface area contributed by atoms with E-state index in [1.165, 1.54) is 0 Å². The van der Waals surface area contributed by atoms with Gasteiger partial charge in [0.2, 0.25) is 0 Å². The van der Waals surface area contributed by atoms with E-state index < -0.39 is 17.2 Å². The maximum atomic E-state index is 11.7. The highest BCUT2D eigenvalue weighted by Crippen LogP contribution is 2.30. The van der Waals surface area contributed by atoms with Crippen molar-refractivity contribution in [3.05, 3.63) is 0 Å². The first-order valence-electron chi connectivity index (χ1n) is 5.29. The Morgan fingerprint density at radius 1 is 1.21 bits per heavy atom. The first kappa shape index (κ1) is 11.5. The number of hydrogen-bond acceptors (Lipinski definition) is 3. The summed E-state index contributed by atoms with van der Waals surface area (Å²) in [5.41, 5.74) is -1.73. The molecule has 0 aromatic carbocycles. The first-order valence-corrected chi connectivity index (χ1v) is 5.29. The molecule has 0 unspecified atom stereocenters. The minimum atomic E-state index is -1.22. The SMILES string of the molecule is CC(C)(C)OC(=O)C1(O)CCCCC1. The van der Waals surface area contributed by atoms with Gasteiger partial charge in [0.15, 0.2) is 5.60 Å². The van der Waals surface area contributed by atoms with Crippen LogP contribution in [0.15, 0.2) is 0 Å². The Morgan fingerprint density at radius 2 is 1.71 bits per heavy atom. The fourth-order valence-electron chi connectivity index (χ4n) is 1.71. The molecule has 1 N–H and O–H groups in total. The molecule has 3 heteroatoms. The molecule has 0 heterocycles. The highest BCUT2D eigenvalue weighted by atomic mass is 16.6. The molecule has 0 saturated heterocycles. The number of rotatable bonds is 1. The number of carbonyl (C=O) groups is 1. The largest absolute Gasteiger partial charge is 0.458 e. The molecule has 3 nitrogen and oxygen atoms in total. The number of ether oxygens (including phenoxy) is 1. The lowest BCUT2D eigenvalue weighted by molar-refractivity contribution is -0.180. The van der Waals surface area contributed by atoms with Crippen LogP contribution in [0.2, 0.25) is 0 Å². The van der Waals surface area contributed by atoms with Crippen LogP contribution in [0.1, 0.15) is 52.9 Å². The normalized spacial score (nSPS) is 21.7. The fourth-order valence-corrected chi connectivity index (χ4v) is 1.71. The van der Waals surface area contributed by atoms with Gasteiger partial charge < -0.3 is 9.84 Å². The number of carbonyl (C=O) groups excluding carboxylic acids is 1. The Morgan fingerprint density at radius 3 is 2.14 bits per heavy atom. The van der Waals surface area contributed by atoms with Crippen LogP contribution in [0.4, 0.5) is 0 Å². The summed E-state index contributed by atoms with van der Waals surface area (Å²) in [6.45, 7) is 5.45. The molecule has 0 aromatic rings. The van der Waals surface area contributed by atoms with Crippen LogP contribution in [-0.4, -0.2) is 22.3 Å². The second-order valence-electron chi connectivity index (χ2n) is 5.09. The van der Waals surface area contributed by atoms with Crippen LogP contribution in [0.3, 0.4) is 0 Å². The third kappa shape index (κ3) is 2.98. The smallest absolute Gasteiger partial charge is 0.338 e. The molecule has 1 aliphatic carbocycles. The van der Waals surface area contributed by atoms with Gasteiger partial charge in [0.25, 0.3) is 0 Å². The quantitative estimate of drug-likeness (QED) is 0.659. The third-order valence-electron chi connectivity index (χ3n) is 2.46. The van der Waals surface area contributed by atoms with E-state index in [9.17, 15) is 9.90 Å². The second-order valence-corrected chi connectivity index (χ2v) is 5.09. The molecule has 82 valence electrons. The maximum Gasteiger partial charge on any atom is 0.338 e. The Hall–Kier alpha value is -0.570. The van der Waals surface area contributed by atoms with Gasteiger partial charge in [-0.2, -0.15) is 0 Å². The van der Waals surface area contributed by atoms with Crippen LogP contribution in [0.5, 0.6) is 0 Å². The third-order valence-corrected chi connectivity index (χ3v) is 2.46. The molecular weight excluding hydrogens is 180 g/mol. The van der Waals surface area contributed by atoms with Crippen molar-refractivity contribution in [1.29, 1.82) is 0 Å². The average Bonchev–Trinajstić information content (AvgIpc) is 2.02. The van der Waals surface area contributed by atoms with Crippen molar-refractivity contribution in [2.45, 2.75) is 64.1 Å². The molecule has 1 saturated carbocycles. The van der Waals surface area contributed by atoms with Crippen LogP contribution in [0.25, 0.3) is 0 Å². The van der Waals surface area contributed by atoms with Crippen LogP contribution in [-0.2, 0) is 9.53 Å². The van der Waals surface area contributed by atoms with Gasteiger partial charge in [-0.05, 0) is 46.5 Å². The van der Waals surface area contributed by atoms with Gasteiger partial charge in [0.1, 0.15) is 5.60 Å². The van der Waals surface area contributed by atoms with Gasteiger partial charge in [-0.15, -0.1) is 0 Å². The molecule has 1 aliphatic rings. The van der Waals surface area contributed by atoms with Crippen molar-refractivity contribution in [3.63, 3.8) is 0 Å². The Labute approximate surface area is 85.5 Å². The van der Waals surface area contributed by atoms with Crippen molar-refractivity contribution in [3.8, 4) is 0 Å². The summed E-state index contributed by atoms with van der Waals surface area (Å²) in [5, 5.41) is 10.0. The Balaban J connectivity index is 2.58. The fraction of sp³-hybridized carbons (Fsp3) is 0.909. The lowest BCUT2D eigenvalue weighted by atomic mass is 9.85. The number of esters is 1. The van der Waals surface area contributed by atoms with E-state index in [-0.39, 0.29) is 0 Å². The van der Waals surface area contributed by atoms with Crippen LogP contribution in [0, 0.1) is 0 Å². The van der Waals surface area contributed by atoms with Crippen molar-refractivity contribution >= 4 is 5.97 Å². The zero-order valence-corrected chi connectivity index (χ0v) is 9.30. The number of aliphatic hydroxyl groups is 1. The van der Waals surface area contributed by atoms with E-state index in [0.29, 0.717) is 12.8 Å². The van der Waals surface area contributed by atoms with Crippen molar-refractivity contribution in [2.24, 2.45) is 0 Å². The predicted octanol–water partition coefficient (Wildman–Crippen LogP) is 2.02. The monoisotopic (exact) mass is 200 g/mol. The summed E-state index contributed by atoms with van der Waals surface area (Å²) in [6.07, 6.45) is 4.01. The van der Waals surface area contributed by atoms with Gasteiger partial charge in [-0.25, -0.2) is 4.79 Å². The van der Waals surface area contributed by atoms with Gasteiger partial charge in [0.05, 0.1) is 0 Å². The molecule has 1 fully saturated rings. The average molecular weight is 200 g/mol. The van der Waals surface area contributed by atoms with E-state index in [4.69, 9.17) is 4.74 Å². The van der Waals surface area contributed by atoms with E-state index in [1.54, 1.807) is 0 Å². The highest BCUT2D eigenvalue weighted by Gasteiger charge is 2.40. The van der Waals surface area contributed by atoms with Gasteiger partial charge in [-0.3, -0.25) is 0 Å². The molecule has 0 atom stereocenters. The summed E-state index contributed by atoms with van der Waals surface area (Å²) in [7, 11) is 0. The summed E-state index contributed by atoms with van der Waals surface area (Å²) in [5.74, 6) is -0.454. The lowest BCUT2D eigenvalue weighted by Crippen LogP contribution is -2.44. The summed E-state index contributed by atoms with van der Waals surface area (Å²) < 4.78 is 5.19. The van der Waals surface area contributed by atoms with E-state index in [2.05, 4.69) is 0 Å². The van der Waals surface area contributed by atoms with Gasteiger partial charge in [0, 0.05) is 0 Å². The minimum Gasteiger partial charge on any atom is -0.458 e. The van der Waals surface area contributed by atoms with Crippen LogP contribution >= 0.6 is 0 Å². The molecule has 0 aromatic heterocycles. The first-order chi connectivity index (χ1) is 6.33. The topological polar surface area (TPSA) is 46.5 Å². The second kappa shape index (κ2) is 3.89. The summed E-state index contributed by atoms with van der Waals surface area (Å²) in [4.78, 5) is 11.7.